The average Bonchev–Trinajstić information content (AvgIpc) is 2.91. The Bertz CT molecular complexity index is 348. The Balaban J connectivity index is 1.72. The molecular weight excluding hydrogens is 260 g/mol. The van der Waals surface area contributed by atoms with Crippen LogP contribution in [-0.4, -0.2) is 59.3 Å². The van der Waals surface area contributed by atoms with E-state index in [2.05, 4.69) is 11.9 Å². The topological polar surface area (TPSA) is 40.6 Å². The van der Waals surface area contributed by atoms with E-state index in [0.717, 1.165) is 25.3 Å². The molecule has 2 aliphatic heterocycles. The second-order valence-corrected chi connectivity index (χ2v) is 6.97. The van der Waals surface area contributed by atoms with Gasteiger partial charge in [-0.1, -0.05) is 11.8 Å². The lowest BCUT2D eigenvalue weighted by molar-refractivity contribution is -0.127. The van der Waals surface area contributed by atoms with E-state index in [0.29, 0.717) is 18.4 Å². The van der Waals surface area contributed by atoms with Crippen LogP contribution in [0, 0.1) is 5.92 Å². The number of nitrogens with zero attached hydrogens (tertiary/aromatic N) is 2. The van der Waals surface area contributed by atoms with Crippen molar-refractivity contribution in [3.8, 4) is 0 Å². The molecule has 19 heavy (non-hydrogen) atoms. The zero-order valence-electron chi connectivity index (χ0n) is 11.9. The molecule has 0 radical (unpaired) electrons. The molecule has 5 heteroatoms. The van der Waals surface area contributed by atoms with Crippen LogP contribution < -0.4 is 0 Å². The van der Waals surface area contributed by atoms with Gasteiger partial charge in [-0.15, -0.1) is 0 Å². The highest BCUT2D eigenvalue weighted by Crippen LogP contribution is 2.24. The third-order valence-corrected chi connectivity index (χ3v) is 5.27. The largest absolute Gasteiger partial charge is 0.342 e. The Morgan fingerprint density at radius 1 is 1.47 bits per heavy atom. The molecule has 1 amide bonds. The Morgan fingerprint density at radius 2 is 2.26 bits per heavy atom. The van der Waals surface area contributed by atoms with Crippen molar-refractivity contribution in [2.45, 2.75) is 38.6 Å². The molecule has 2 unspecified atom stereocenters. The van der Waals surface area contributed by atoms with Crippen LogP contribution in [0.1, 0.15) is 32.6 Å². The van der Waals surface area contributed by atoms with Gasteiger partial charge in [0.25, 0.3) is 0 Å². The van der Waals surface area contributed by atoms with E-state index in [4.69, 9.17) is 0 Å². The third-order valence-electron chi connectivity index (χ3n) is 4.22. The lowest BCUT2D eigenvalue weighted by atomic mass is 10.1. The molecule has 108 valence electrons. The van der Waals surface area contributed by atoms with E-state index in [-0.39, 0.29) is 11.0 Å². The Hall–Kier alpha value is -0.550. The Kier molecular flexibility index (Phi) is 5.28. The number of carbonyl (C=O) groups is 2. The van der Waals surface area contributed by atoms with Crippen LogP contribution in [0.25, 0.3) is 0 Å². The van der Waals surface area contributed by atoms with Crippen molar-refractivity contribution in [3.63, 3.8) is 0 Å². The van der Waals surface area contributed by atoms with E-state index in [1.54, 1.807) is 6.92 Å². The van der Waals surface area contributed by atoms with Crippen molar-refractivity contribution < 1.29 is 9.59 Å². The summed E-state index contributed by atoms with van der Waals surface area (Å²) in [5, 5.41) is 0.151. The summed E-state index contributed by atoms with van der Waals surface area (Å²) in [6.07, 6.45) is 4.27. The number of hydrogen-bond acceptors (Lipinski definition) is 4. The fourth-order valence-corrected chi connectivity index (χ4v) is 3.76. The Labute approximate surface area is 119 Å². The van der Waals surface area contributed by atoms with Crippen LogP contribution in [0.4, 0.5) is 0 Å². The molecule has 0 aromatic heterocycles. The third kappa shape index (κ3) is 4.21. The fraction of sp³-hybridized carbons (Fsp3) is 0.857. The van der Waals surface area contributed by atoms with Gasteiger partial charge in [0.2, 0.25) is 5.91 Å². The Morgan fingerprint density at radius 3 is 2.89 bits per heavy atom. The zero-order valence-corrected chi connectivity index (χ0v) is 12.7. The van der Waals surface area contributed by atoms with Gasteiger partial charge >= 0.3 is 0 Å². The van der Waals surface area contributed by atoms with Crippen molar-refractivity contribution in [2.24, 2.45) is 5.92 Å². The highest BCUT2D eigenvalue weighted by molar-refractivity contribution is 8.13. The quantitative estimate of drug-likeness (QED) is 0.769. The van der Waals surface area contributed by atoms with Gasteiger partial charge in [-0.05, 0) is 38.8 Å². The summed E-state index contributed by atoms with van der Waals surface area (Å²) in [5.74, 6) is 1.43. The van der Waals surface area contributed by atoms with Crippen molar-refractivity contribution in [1.82, 2.24) is 9.80 Å². The first-order valence-electron chi connectivity index (χ1n) is 7.17. The summed E-state index contributed by atoms with van der Waals surface area (Å²) in [7, 11) is 2.18. The highest BCUT2D eigenvalue weighted by Gasteiger charge is 2.30. The molecule has 2 saturated heterocycles. The minimum absolute atomic E-state index is 0.151. The maximum absolute atomic E-state index is 11.9. The summed E-state index contributed by atoms with van der Waals surface area (Å²) in [4.78, 5) is 27.3. The summed E-state index contributed by atoms with van der Waals surface area (Å²) in [5.41, 5.74) is 0. The first-order valence-corrected chi connectivity index (χ1v) is 8.16. The van der Waals surface area contributed by atoms with Crippen LogP contribution in [0.3, 0.4) is 0 Å². The predicted octanol–water partition coefficient (Wildman–Crippen LogP) is 1.60. The fourth-order valence-electron chi connectivity index (χ4n) is 3.07. The first-order chi connectivity index (χ1) is 9.06. The van der Waals surface area contributed by atoms with Gasteiger partial charge in [-0.2, -0.15) is 0 Å². The van der Waals surface area contributed by atoms with Crippen LogP contribution >= 0.6 is 11.8 Å². The smallest absolute Gasteiger partial charge is 0.222 e. The van der Waals surface area contributed by atoms with Crippen LogP contribution in [0.15, 0.2) is 0 Å². The van der Waals surface area contributed by atoms with Gasteiger partial charge in [0, 0.05) is 38.2 Å². The summed E-state index contributed by atoms with van der Waals surface area (Å²) in [6.45, 7) is 4.51. The van der Waals surface area contributed by atoms with Crippen molar-refractivity contribution in [1.29, 1.82) is 0 Å². The van der Waals surface area contributed by atoms with Gasteiger partial charge < -0.3 is 9.80 Å². The molecule has 2 aliphatic rings. The predicted molar refractivity (Wildman–Crippen MR) is 78.1 cm³/mol. The molecule has 0 bridgehead atoms. The molecule has 2 fully saturated rings. The number of carbonyl (C=O) groups excluding carboxylic acids is 2. The van der Waals surface area contributed by atoms with Crippen molar-refractivity contribution in [2.75, 3.05) is 32.4 Å². The van der Waals surface area contributed by atoms with Gasteiger partial charge in [0.05, 0.1) is 0 Å². The molecule has 0 N–H and O–H groups in total. The van der Waals surface area contributed by atoms with Crippen LogP contribution in [0.2, 0.25) is 0 Å². The van der Waals surface area contributed by atoms with Crippen molar-refractivity contribution >= 4 is 22.8 Å². The lowest BCUT2D eigenvalue weighted by Crippen LogP contribution is -2.33. The number of amides is 1. The minimum atomic E-state index is 0.151. The second-order valence-electron chi connectivity index (χ2n) is 5.78. The van der Waals surface area contributed by atoms with Crippen LogP contribution in [0.5, 0.6) is 0 Å². The first kappa shape index (κ1) is 14.9. The molecule has 2 atom stereocenters. The SMILES string of the molecule is CC(=O)SCC1CC(=O)N(CCC2CCCN2C)C1. The van der Waals surface area contributed by atoms with E-state index >= 15 is 0 Å². The maximum Gasteiger partial charge on any atom is 0.222 e. The van der Waals surface area contributed by atoms with E-state index in [9.17, 15) is 9.59 Å². The normalized spacial score (nSPS) is 28.3. The van der Waals surface area contributed by atoms with E-state index < -0.39 is 0 Å². The van der Waals surface area contributed by atoms with Gasteiger partial charge in [-0.25, -0.2) is 0 Å². The summed E-state index contributed by atoms with van der Waals surface area (Å²) in [6, 6.07) is 0.651. The second kappa shape index (κ2) is 6.75. The lowest BCUT2D eigenvalue weighted by Gasteiger charge is -2.23. The van der Waals surface area contributed by atoms with Crippen molar-refractivity contribution in [3.05, 3.63) is 0 Å². The molecule has 0 spiro atoms. The standard InChI is InChI=1S/C14H24N2O2S/c1-11(17)19-10-12-8-14(18)16(9-12)7-5-13-4-3-6-15(13)2/h12-13H,3-10H2,1-2H3. The minimum Gasteiger partial charge on any atom is -0.342 e. The molecule has 0 aliphatic carbocycles. The van der Waals surface area contributed by atoms with Gasteiger partial charge in [0.1, 0.15) is 0 Å². The average molecular weight is 284 g/mol. The molecule has 4 nitrogen and oxygen atoms in total. The molecule has 0 aromatic rings. The zero-order chi connectivity index (χ0) is 13.8. The molecule has 2 rings (SSSR count). The van der Waals surface area contributed by atoms with E-state index in [1.165, 1.54) is 31.1 Å². The summed E-state index contributed by atoms with van der Waals surface area (Å²) < 4.78 is 0. The van der Waals surface area contributed by atoms with E-state index in [1.807, 2.05) is 4.90 Å². The maximum atomic E-state index is 11.9. The van der Waals surface area contributed by atoms with Crippen LogP contribution in [-0.2, 0) is 9.59 Å². The van der Waals surface area contributed by atoms with Gasteiger partial charge in [0.15, 0.2) is 5.12 Å². The molecule has 0 saturated carbocycles. The number of thioether (sulfide) groups is 1. The molecule has 2 heterocycles. The van der Waals surface area contributed by atoms with Gasteiger partial charge in [-0.3, -0.25) is 9.59 Å². The number of likely N-dealkylation sites (tertiary alicyclic amines) is 2. The summed E-state index contributed by atoms with van der Waals surface area (Å²) >= 11 is 1.35. The highest BCUT2D eigenvalue weighted by atomic mass is 32.2. The molecular formula is C14H24N2O2S. The monoisotopic (exact) mass is 284 g/mol. The number of hydrogen-bond donors (Lipinski definition) is 0. The molecule has 0 aromatic carbocycles. The number of rotatable bonds is 5.